The fourth-order valence-corrected chi connectivity index (χ4v) is 5.21. The summed E-state index contributed by atoms with van der Waals surface area (Å²) in [6.07, 6.45) is 7.45. The van der Waals surface area contributed by atoms with E-state index in [0.717, 1.165) is 32.4 Å². The lowest BCUT2D eigenvalue weighted by molar-refractivity contribution is -0.125. The summed E-state index contributed by atoms with van der Waals surface area (Å²) >= 11 is 4.35. The van der Waals surface area contributed by atoms with Gasteiger partial charge in [0.15, 0.2) is 0 Å². The predicted octanol–water partition coefficient (Wildman–Crippen LogP) is 8.30. The van der Waals surface area contributed by atoms with Crippen molar-refractivity contribution in [1.29, 1.82) is 0 Å². The summed E-state index contributed by atoms with van der Waals surface area (Å²) in [5, 5.41) is 6.46. The fraction of sp³-hybridized carbons (Fsp3) is 0.933. The zero-order valence-corrected chi connectivity index (χ0v) is 25.8. The van der Waals surface area contributed by atoms with E-state index in [0.29, 0.717) is 23.0 Å². The predicted molar refractivity (Wildman–Crippen MR) is 160 cm³/mol. The molecule has 2 N–H and O–H groups in total. The highest BCUT2D eigenvalue weighted by molar-refractivity contribution is 7.80. The van der Waals surface area contributed by atoms with Gasteiger partial charge < -0.3 is 10.6 Å². The first-order valence-electron chi connectivity index (χ1n) is 13.6. The van der Waals surface area contributed by atoms with Crippen LogP contribution < -0.4 is 10.6 Å². The monoisotopic (exact) mass is 516 g/mol. The summed E-state index contributed by atoms with van der Waals surface area (Å²) in [5.74, 6) is 1.12. The molecular formula is C30H64N2O2S. The molecule has 3 atom stereocenters. The maximum atomic E-state index is 12.3. The number of unbranched alkanes of at least 4 members (excludes halogenated alkanes) is 1. The molecule has 0 rings (SSSR count). The minimum Gasteiger partial charge on any atom is -0.356 e. The van der Waals surface area contributed by atoms with E-state index in [1.165, 1.54) is 19.3 Å². The first kappa shape index (κ1) is 38.8. The van der Waals surface area contributed by atoms with Gasteiger partial charge in [-0.25, -0.2) is 0 Å². The van der Waals surface area contributed by atoms with E-state index < -0.39 is 0 Å². The molecule has 3 unspecified atom stereocenters. The summed E-state index contributed by atoms with van der Waals surface area (Å²) in [7, 11) is 0. The largest absolute Gasteiger partial charge is 0.356 e. The summed E-state index contributed by atoms with van der Waals surface area (Å²) in [6.45, 7) is 27.6. The molecule has 0 aromatic rings. The molecule has 0 aromatic carbocycles. The van der Waals surface area contributed by atoms with Gasteiger partial charge in [0.05, 0.1) is 0 Å². The van der Waals surface area contributed by atoms with E-state index >= 15 is 0 Å². The van der Waals surface area contributed by atoms with Crippen molar-refractivity contribution in [1.82, 2.24) is 10.6 Å². The third kappa shape index (κ3) is 24.7. The Morgan fingerprint density at radius 1 is 0.857 bits per heavy atom. The Bertz CT molecular complexity index is 565. The third-order valence-corrected chi connectivity index (χ3v) is 6.12. The maximum absolute atomic E-state index is 12.3. The molecule has 0 spiro atoms. The van der Waals surface area contributed by atoms with Crippen molar-refractivity contribution in [3.63, 3.8) is 0 Å². The van der Waals surface area contributed by atoms with Gasteiger partial charge in [0.1, 0.15) is 0 Å². The second kappa shape index (κ2) is 18.5. The van der Waals surface area contributed by atoms with Gasteiger partial charge in [0.25, 0.3) is 0 Å². The Morgan fingerprint density at radius 2 is 1.37 bits per heavy atom. The minimum atomic E-state index is 0. The fourth-order valence-electron chi connectivity index (χ4n) is 4.71. The Morgan fingerprint density at radius 3 is 1.80 bits per heavy atom. The van der Waals surface area contributed by atoms with Crippen LogP contribution >= 0.6 is 12.6 Å². The van der Waals surface area contributed by atoms with Gasteiger partial charge in [-0.15, -0.1) is 0 Å². The minimum absolute atomic E-state index is 0. The Labute approximate surface area is 226 Å². The van der Waals surface area contributed by atoms with E-state index in [9.17, 15) is 9.59 Å². The topological polar surface area (TPSA) is 58.2 Å². The number of carbonyl (C=O) groups excluding carboxylic acids is 2. The first-order chi connectivity index (χ1) is 15.3. The second-order valence-corrected chi connectivity index (χ2v) is 14.2. The third-order valence-electron chi connectivity index (χ3n) is 5.94. The normalized spacial score (nSPS) is 14.5. The molecule has 0 saturated heterocycles. The van der Waals surface area contributed by atoms with E-state index in [1.54, 1.807) is 0 Å². The molecule has 0 heterocycles. The lowest BCUT2D eigenvalue weighted by Gasteiger charge is -2.33. The first-order valence-corrected chi connectivity index (χ1v) is 14.1. The maximum Gasteiger partial charge on any atom is 0.222 e. The number of nitrogens with one attached hydrogen (secondary N) is 2. The number of thiol groups is 1. The molecule has 0 bridgehead atoms. The Balaban J connectivity index is -0.000000632. The number of carbonyl (C=O) groups is 2. The van der Waals surface area contributed by atoms with Crippen molar-refractivity contribution in [3.8, 4) is 0 Å². The van der Waals surface area contributed by atoms with Gasteiger partial charge in [-0.3, -0.25) is 9.59 Å². The van der Waals surface area contributed by atoms with Crippen LogP contribution in [0, 0.1) is 28.1 Å². The highest BCUT2D eigenvalue weighted by Crippen LogP contribution is 2.32. The average molecular weight is 517 g/mol. The van der Waals surface area contributed by atoms with Crippen LogP contribution in [0.3, 0.4) is 0 Å². The Hall–Kier alpha value is -0.710. The molecule has 2 amide bonds. The SMILES string of the molecule is C.CCC(=O)NCC(C)(C)CC(C)S.CCCCC(C)CC(C)C(=O)NCC(C)(C)CC(C)(C)C. The zero-order valence-electron chi connectivity index (χ0n) is 24.9. The zero-order chi connectivity index (χ0) is 27.2. The van der Waals surface area contributed by atoms with E-state index in [-0.39, 0.29) is 36.0 Å². The van der Waals surface area contributed by atoms with Crippen molar-refractivity contribution >= 4 is 24.4 Å². The van der Waals surface area contributed by atoms with Crippen LogP contribution in [0.1, 0.15) is 135 Å². The molecule has 0 saturated carbocycles. The van der Waals surface area contributed by atoms with Crippen molar-refractivity contribution in [2.75, 3.05) is 13.1 Å². The molecular weight excluding hydrogens is 452 g/mol. The second-order valence-electron chi connectivity index (χ2n) is 13.4. The number of hydrogen-bond acceptors (Lipinski definition) is 3. The van der Waals surface area contributed by atoms with Crippen LogP contribution in [-0.2, 0) is 9.59 Å². The van der Waals surface area contributed by atoms with Gasteiger partial charge in [-0.2, -0.15) is 12.6 Å². The van der Waals surface area contributed by atoms with Gasteiger partial charge in [0, 0.05) is 25.4 Å². The number of rotatable bonds is 14. The summed E-state index contributed by atoms with van der Waals surface area (Å²) in [5.41, 5.74) is 0.599. The Kier molecular flexibility index (Phi) is 20.5. The van der Waals surface area contributed by atoms with Gasteiger partial charge >= 0.3 is 0 Å². The van der Waals surface area contributed by atoms with Crippen molar-refractivity contribution in [2.45, 2.75) is 141 Å². The molecule has 0 radical (unpaired) electrons. The lowest BCUT2D eigenvalue weighted by atomic mass is 9.76. The van der Waals surface area contributed by atoms with Gasteiger partial charge in [-0.05, 0) is 46.7 Å². The van der Waals surface area contributed by atoms with Crippen LogP contribution in [0.5, 0.6) is 0 Å². The molecule has 212 valence electrons. The van der Waals surface area contributed by atoms with Gasteiger partial charge in [-0.1, -0.05) is 110 Å². The highest BCUT2D eigenvalue weighted by atomic mass is 32.1. The number of hydrogen-bond donors (Lipinski definition) is 3. The van der Waals surface area contributed by atoms with Crippen LogP contribution in [-0.4, -0.2) is 30.2 Å². The molecule has 5 heteroatoms. The van der Waals surface area contributed by atoms with Crippen LogP contribution in [0.15, 0.2) is 0 Å². The standard InChI is InChI=1S/C19H39NO.C10H21NOS.CH4/c1-9-10-11-15(2)12-16(3)17(21)20-14-19(7,8)13-18(4,5)6;1-5-9(12)11-7-10(3,4)6-8(2)13;/h15-16H,9-14H2,1-8H3,(H,20,21);8,13H,5-7H2,1-4H3,(H,11,12);1H4. The molecule has 4 nitrogen and oxygen atoms in total. The molecule has 0 aromatic heterocycles. The lowest BCUT2D eigenvalue weighted by Crippen LogP contribution is -2.38. The average Bonchev–Trinajstić information content (AvgIpc) is 2.66. The van der Waals surface area contributed by atoms with E-state index in [2.05, 4.69) is 99.4 Å². The summed E-state index contributed by atoms with van der Waals surface area (Å²) < 4.78 is 0. The van der Waals surface area contributed by atoms with Crippen molar-refractivity contribution < 1.29 is 9.59 Å². The smallest absolute Gasteiger partial charge is 0.222 e. The number of amides is 2. The van der Waals surface area contributed by atoms with Gasteiger partial charge in [0.2, 0.25) is 11.8 Å². The van der Waals surface area contributed by atoms with Crippen molar-refractivity contribution in [2.24, 2.45) is 28.1 Å². The van der Waals surface area contributed by atoms with E-state index in [1.807, 2.05) is 6.92 Å². The highest BCUT2D eigenvalue weighted by Gasteiger charge is 2.27. The molecule has 35 heavy (non-hydrogen) atoms. The quantitative estimate of drug-likeness (QED) is 0.203. The molecule has 0 fully saturated rings. The van der Waals surface area contributed by atoms with Crippen LogP contribution in [0.25, 0.3) is 0 Å². The van der Waals surface area contributed by atoms with Crippen molar-refractivity contribution in [3.05, 3.63) is 0 Å². The van der Waals surface area contributed by atoms with Crippen LogP contribution in [0.4, 0.5) is 0 Å². The summed E-state index contributed by atoms with van der Waals surface area (Å²) in [6, 6.07) is 0. The van der Waals surface area contributed by atoms with E-state index in [4.69, 9.17) is 0 Å². The molecule has 0 aliphatic rings. The molecule has 0 aliphatic carbocycles. The summed E-state index contributed by atoms with van der Waals surface area (Å²) in [4.78, 5) is 23.3. The van der Waals surface area contributed by atoms with Crippen LogP contribution in [0.2, 0.25) is 0 Å². The molecule has 0 aliphatic heterocycles.